The molecule has 1 unspecified atom stereocenters. The first-order valence-corrected chi connectivity index (χ1v) is 8.81. The number of benzene rings is 1. The van der Waals surface area contributed by atoms with E-state index in [1.54, 1.807) is 6.07 Å². The smallest absolute Gasteiger partial charge is 0.326 e. The molecule has 0 aromatic heterocycles. The second-order valence-corrected chi connectivity index (χ2v) is 7.89. The molecule has 142 valence electrons. The van der Waals surface area contributed by atoms with Crippen LogP contribution in [0.15, 0.2) is 18.2 Å². The largest absolute Gasteiger partial charge is 0.480 e. The maximum absolute atomic E-state index is 12.9. The van der Waals surface area contributed by atoms with Gasteiger partial charge >= 0.3 is 12.0 Å². The highest BCUT2D eigenvalue weighted by atomic mass is 35.5. The summed E-state index contributed by atoms with van der Waals surface area (Å²) in [5.74, 6) is -1.52. The van der Waals surface area contributed by atoms with Gasteiger partial charge in [-0.3, -0.25) is 4.79 Å². The minimum atomic E-state index is -1.07. The fourth-order valence-corrected chi connectivity index (χ4v) is 2.74. The van der Waals surface area contributed by atoms with Gasteiger partial charge in [0, 0.05) is 17.3 Å². The van der Waals surface area contributed by atoms with Gasteiger partial charge in [0.05, 0.1) is 10.6 Å². The summed E-state index contributed by atoms with van der Waals surface area (Å²) in [6.45, 7) is 7.03. The maximum atomic E-state index is 12.9. The summed E-state index contributed by atoms with van der Waals surface area (Å²) in [5.41, 5.74) is 0.160. The van der Waals surface area contributed by atoms with Gasteiger partial charge in [-0.2, -0.15) is 0 Å². The first kappa shape index (κ1) is 20.0. The summed E-state index contributed by atoms with van der Waals surface area (Å²) in [5, 5.41) is 14.9. The Labute approximate surface area is 157 Å². The van der Waals surface area contributed by atoms with Crippen LogP contribution in [-0.2, 0) is 4.79 Å². The topological polar surface area (TPSA) is 98.7 Å². The van der Waals surface area contributed by atoms with Crippen molar-refractivity contribution >= 4 is 35.2 Å². The minimum absolute atomic E-state index is 0.0922. The van der Waals surface area contributed by atoms with Crippen LogP contribution in [0, 0.1) is 0 Å². The predicted octanol–water partition coefficient (Wildman–Crippen LogP) is 3.34. The fourth-order valence-electron chi connectivity index (χ4n) is 2.54. The number of halogens is 1. The van der Waals surface area contributed by atoms with Gasteiger partial charge in [0.1, 0.15) is 6.04 Å². The van der Waals surface area contributed by atoms with E-state index in [0.29, 0.717) is 5.69 Å². The lowest BCUT2D eigenvalue weighted by atomic mass is 10.1. The van der Waals surface area contributed by atoms with Crippen LogP contribution in [0.2, 0.25) is 5.02 Å². The second kappa shape index (κ2) is 7.53. The quantitative estimate of drug-likeness (QED) is 0.728. The van der Waals surface area contributed by atoms with Crippen molar-refractivity contribution < 1.29 is 19.5 Å². The molecule has 1 aromatic rings. The maximum Gasteiger partial charge on any atom is 0.326 e. The van der Waals surface area contributed by atoms with Gasteiger partial charge in [0.2, 0.25) is 0 Å². The molecule has 0 heterocycles. The van der Waals surface area contributed by atoms with E-state index < -0.39 is 29.5 Å². The number of rotatable bonds is 5. The molecule has 2 rings (SSSR count). The van der Waals surface area contributed by atoms with Gasteiger partial charge in [-0.15, -0.1) is 0 Å². The van der Waals surface area contributed by atoms with Gasteiger partial charge in [0.15, 0.2) is 0 Å². The fraction of sp³-hybridized carbons (Fsp3) is 0.500. The Morgan fingerprint density at radius 3 is 2.38 bits per heavy atom. The van der Waals surface area contributed by atoms with Crippen LogP contribution in [0.1, 0.15) is 50.9 Å². The van der Waals surface area contributed by atoms with Gasteiger partial charge in [-0.05, 0) is 58.7 Å². The molecule has 0 spiro atoms. The van der Waals surface area contributed by atoms with Crippen molar-refractivity contribution in [3.05, 3.63) is 28.8 Å². The molecule has 0 radical (unpaired) electrons. The van der Waals surface area contributed by atoms with Crippen molar-refractivity contribution in [1.29, 1.82) is 0 Å². The highest BCUT2D eigenvalue weighted by Gasteiger charge is 2.39. The zero-order chi connectivity index (χ0) is 19.6. The predicted molar refractivity (Wildman–Crippen MR) is 99.6 cm³/mol. The van der Waals surface area contributed by atoms with Gasteiger partial charge in [-0.25, -0.2) is 9.59 Å². The molecule has 1 atom stereocenters. The van der Waals surface area contributed by atoms with Crippen LogP contribution in [0.3, 0.4) is 0 Å². The van der Waals surface area contributed by atoms with Crippen molar-refractivity contribution in [2.45, 2.75) is 58.2 Å². The Kier molecular flexibility index (Phi) is 5.81. The summed E-state index contributed by atoms with van der Waals surface area (Å²) in [4.78, 5) is 37.6. The van der Waals surface area contributed by atoms with Crippen LogP contribution < -0.4 is 10.6 Å². The molecule has 0 bridgehead atoms. The molecule has 1 fully saturated rings. The summed E-state index contributed by atoms with van der Waals surface area (Å²) in [6, 6.07) is 3.12. The number of hydrogen-bond donors (Lipinski definition) is 3. The molecule has 7 nitrogen and oxygen atoms in total. The van der Waals surface area contributed by atoms with E-state index in [1.807, 2.05) is 20.8 Å². The van der Waals surface area contributed by atoms with E-state index in [2.05, 4.69) is 10.6 Å². The number of anilines is 1. The van der Waals surface area contributed by atoms with E-state index in [9.17, 15) is 19.5 Å². The highest BCUT2D eigenvalue weighted by Crippen LogP contribution is 2.32. The number of carboxylic acids is 1. The minimum Gasteiger partial charge on any atom is -0.480 e. The molecule has 0 saturated heterocycles. The number of nitrogens with zero attached hydrogens (tertiary/aromatic N) is 1. The van der Waals surface area contributed by atoms with Crippen LogP contribution >= 0.6 is 11.6 Å². The lowest BCUT2D eigenvalue weighted by Gasteiger charge is -2.27. The van der Waals surface area contributed by atoms with Gasteiger partial charge in [-0.1, -0.05) is 11.6 Å². The number of nitrogens with one attached hydrogen (secondary N) is 2. The number of carboxylic acid groups (broad SMARTS) is 1. The van der Waals surface area contributed by atoms with Crippen LogP contribution in [-0.4, -0.2) is 45.5 Å². The lowest BCUT2D eigenvalue weighted by Crippen LogP contribution is -2.45. The van der Waals surface area contributed by atoms with E-state index in [1.165, 1.54) is 24.0 Å². The van der Waals surface area contributed by atoms with Crippen LogP contribution in [0.25, 0.3) is 0 Å². The van der Waals surface area contributed by atoms with Crippen molar-refractivity contribution in [2.75, 3.05) is 5.32 Å². The Balaban J connectivity index is 2.24. The Bertz CT molecular complexity index is 726. The molecule has 1 aromatic carbocycles. The third-order valence-electron chi connectivity index (χ3n) is 3.89. The molecule has 1 aliphatic rings. The molecule has 0 aliphatic heterocycles. The summed E-state index contributed by atoms with van der Waals surface area (Å²) in [6.07, 6.45) is 1.54. The number of carbonyl (C=O) groups is 3. The van der Waals surface area contributed by atoms with Gasteiger partial charge < -0.3 is 20.6 Å². The van der Waals surface area contributed by atoms with E-state index in [-0.39, 0.29) is 16.6 Å². The lowest BCUT2D eigenvalue weighted by molar-refractivity contribution is -0.141. The second-order valence-electron chi connectivity index (χ2n) is 7.48. The van der Waals surface area contributed by atoms with Crippen molar-refractivity contribution in [3.63, 3.8) is 0 Å². The molecule has 1 saturated carbocycles. The average molecular weight is 382 g/mol. The zero-order valence-corrected chi connectivity index (χ0v) is 16.1. The van der Waals surface area contributed by atoms with Crippen LogP contribution in [0.4, 0.5) is 10.5 Å². The molecule has 3 N–H and O–H groups in total. The number of aliphatic carboxylic acids is 1. The van der Waals surface area contributed by atoms with Crippen molar-refractivity contribution in [2.24, 2.45) is 0 Å². The number of carbonyl (C=O) groups excluding carboxylic acids is 2. The summed E-state index contributed by atoms with van der Waals surface area (Å²) in [7, 11) is 0. The molecule has 8 heteroatoms. The van der Waals surface area contributed by atoms with Crippen LogP contribution in [0.5, 0.6) is 0 Å². The Morgan fingerprint density at radius 2 is 1.88 bits per heavy atom. The summed E-state index contributed by atoms with van der Waals surface area (Å²) >= 11 is 6.16. The van der Waals surface area contributed by atoms with Gasteiger partial charge in [0.25, 0.3) is 5.91 Å². The highest BCUT2D eigenvalue weighted by molar-refractivity contribution is 6.34. The first-order valence-electron chi connectivity index (χ1n) is 8.44. The SMILES string of the molecule is CC(C(=O)O)N(C(=O)c1cc(NC(=O)NC(C)(C)C)ccc1Cl)C1CC1. The molecule has 1 aliphatic carbocycles. The Hall–Kier alpha value is -2.28. The number of amides is 3. The number of urea groups is 1. The molecular formula is C18H24ClN3O4. The third-order valence-corrected chi connectivity index (χ3v) is 4.22. The van der Waals surface area contributed by atoms with E-state index in [4.69, 9.17) is 11.6 Å². The standard InChI is InChI=1S/C18H24ClN3O4/c1-10(16(24)25)22(12-6-7-12)15(23)13-9-11(5-8-14(13)19)20-17(26)21-18(2,3)4/h5,8-10,12H,6-7H2,1-4H3,(H,24,25)(H2,20,21,26). The van der Waals surface area contributed by atoms with Crippen molar-refractivity contribution in [3.8, 4) is 0 Å². The average Bonchev–Trinajstić information content (AvgIpc) is 3.31. The summed E-state index contributed by atoms with van der Waals surface area (Å²) < 4.78 is 0. The normalized spacial score (nSPS) is 15.1. The van der Waals surface area contributed by atoms with E-state index >= 15 is 0 Å². The molecule has 26 heavy (non-hydrogen) atoms. The Morgan fingerprint density at radius 1 is 1.27 bits per heavy atom. The molecule has 3 amide bonds. The first-order chi connectivity index (χ1) is 12.0. The zero-order valence-electron chi connectivity index (χ0n) is 15.3. The molecular weight excluding hydrogens is 358 g/mol. The monoisotopic (exact) mass is 381 g/mol. The van der Waals surface area contributed by atoms with E-state index in [0.717, 1.165) is 12.8 Å². The number of hydrogen-bond acceptors (Lipinski definition) is 3. The third kappa shape index (κ3) is 5.11. The van der Waals surface area contributed by atoms with Crippen molar-refractivity contribution in [1.82, 2.24) is 10.2 Å².